The molecule has 0 aliphatic carbocycles. The average molecular weight is 526 g/mol. The Bertz CT molecular complexity index is 1150. The first-order chi connectivity index (χ1) is 16.4. The molecule has 0 spiro atoms. The van der Waals surface area contributed by atoms with Gasteiger partial charge in [0.15, 0.2) is 6.10 Å². The first kappa shape index (κ1) is 24.8. The molecule has 3 aromatic carbocycles. The normalized spacial score (nSPS) is 12.6. The van der Waals surface area contributed by atoms with Gasteiger partial charge in [0.25, 0.3) is 0 Å². The minimum atomic E-state index is -0.910. The van der Waals surface area contributed by atoms with Crippen molar-refractivity contribution < 1.29 is 24.2 Å². The van der Waals surface area contributed by atoms with Crippen LogP contribution in [0, 0.1) is 0 Å². The number of carbonyl (C=O) groups excluding carboxylic acids is 2. The van der Waals surface area contributed by atoms with E-state index in [4.69, 9.17) is 15.2 Å². The number of nitrogens with two attached hydrogens (primary N) is 1. The molecule has 3 rings (SSSR count). The van der Waals surface area contributed by atoms with Gasteiger partial charge in [0.05, 0.1) is 11.4 Å². The molecule has 0 aliphatic heterocycles. The van der Waals surface area contributed by atoms with Gasteiger partial charge in [-0.2, -0.15) is 0 Å². The number of phenolic OH excluding ortho intramolecular Hbond substituents is 1. The monoisotopic (exact) mass is 525 g/mol. The summed E-state index contributed by atoms with van der Waals surface area (Å²) < 4.78 is 12.1. The highest BCUT2D eigenvalue weighted by molar-refractivity contribution is 9.10. The average Bonchev–Trinajstić information content (AvgIpc) is 2.82. The fourth-order valence-corrected chi connectivity index (χ4v) is 3.32. The van der Waals surface area contributed by atoms with Gasteiger partial charge in [0, 0.05) is 23.3 Å². The number of ether oxygens (including phenoxy) is 2. The predicted molar refractivity (Wildman–Crippen MR) is 135 cm³/mol. The molecular weight excluding hydrogens is 502 g/mol. The maximum atomic E-state index is 12.6. The molecule has 3 aromatic rings. The van der Waals surface area contributed by atoms with Crippen molar-refractivity contribution in [3.8, 4) is 5.75 Å². The number of hydrogen-bond donors (Lipinski definition) is 4. The molecule has 5 N–H and O–H groups in total. The summed E-state index contributed by atoms with van der Waals surface area (Å²) in [6, 6.07) is 20.0. The molecule has 0 aromatic heterocycles. The molecule has 0 bridgehead atoms. The summed E-state index contributed by atoms with van der Waals surface area (Å²) in [7, 11) is 1.44. The van der Waals surface area contributed by atoms with Gasteiger partial charge >= 0.3 is 6.09 Å². The van der Waals surface area contributed by atoms with Crippen LogP contribution in [0.2, 0.25) is 0 Å². The summed E-state index contributed by atoms with van der Waals surface area (Å²) >= 11 is 3.34. The Morgan fingerprint density at radius 3 is 2.32 bits per heavy atom. The number of amides is 2. The van der Waals surface area contributed by atoms with Crippen molar-refractivity contribution >= 4 is 45.0 Å². The van der Waals surface area contributed by atoms with Crippen molar-refractivity contribution in [2.24, 2.45) is 0 Å². The zero-order valence-electron chi connectivity index (χ0n) is 18.3. The van der Waals surface area contributed by atoms with Crippen LogP contribution in [0.4, 0.5) is 21.9 Å². The lowest BCUT2D eigenvalue weighted by Crippen LogP contribution is -2.27. The number of methoxy groups -OCH3 is 1. The van der Waals surface area contributed by atoms with Crippen LogP contribution in [0.5, 0.6) is 5.75 Å². The number of benzene rings is 3. The number of aromatic hydroxyl groups is 1. The third kappa shape index (κ3) is 7.09. The number of carbonyl (C=O) groups is 2. The maximum absolute atomic E-state index is 12.6. The van der Waals surface area contributed by atoms with Gasteiger partial charge in [0.1, 0.15) is 11.9 Å². The lowest BCUT2D eigenvalue weighted by atomic mass is 10.0. The molecule has 0 heterocycles. The topological polar surface area (TPSA) is 123 Å². The Hall–Kier alpha value is -3.82. The van der Waals surface area contributed by atoms with E-state index in [-0.39, 0.29) is 5.75 Å². The van der Waals surface area contributed by atoms with Crippen LogP contribution in [-0.2, 0) is 14.3 Å². The molecule has 176 valence electrons. The van der Waals surface area contributed by atoms with E-state index in [1.165, 1.54) is 31.4 Å². The highest BCUT2D eigenvalue weighted by Crippen LogP contribution is 2.27. The van der Waals surface area contributed by atoms with Crippen LogP contribution in [0.25, 0.3) is 0 Å². The third-order valence-corrected chi connectivity index (χ3v) is 5.30. The standard InChI is InChI=1S/C25H24BrN3O5/c1-33-22(14-15-23(31)29-21-5-3-2-4-20(21)27)24(16-6-12-19(30)13-7-16)34-25(32)28-18-10-8-17(26)9-11-18/h2-15,22,24,30H,27H2,1H3,(H,28,32)(H,29,31)/b15-14+/t22-,24-/m0/s1. The zero-order chi connectivity index (χ0) is 24.5. The van der Waals surface area contributed by atoms with E-state index in [1.807, 2.05) is 0 Å². The van der Waals surface area contributed by atoms with Crippen LogP contribution >= 0.6 is 15.9 Å². The van der Waals surface area contributed by atoms with Crippen LogP contribution in [0.15, 0.2) is 89.4 Å². The van der Waals surface area contributed by atoms with Crippen molar-refractivity contribution in [2.75, 3.05) is 23.5 Å². The second kappa shape index (κ2) is 11.9. The Labute approximate surface area is 205 Å². The summed E-state index contributed by atoms with van der Waals surface area (Å²) in [4.78, 5) is 25.0. The first-order valence-electron chi connectivity index (χ1n) is 10.2. The molecule has 34 heavy (non-hydrogen) atoms. The van der Waals surface area contributed by atoms with E-state index in [0.717, 1.165) is 4.47 Å². The number of anilines is 3. The van der Waals surface area contributed by atoms with E-state index in [9.17, 15) is 14.7 Å². The van der Waals surface area contributed by atoms with Gasteiger partial charge in [-0.1, -0.05) is 40.2 Å². The second-order valence-electron chi connectivity index (χ2n) is 7.19. The minimum absolute atomic E-state index is 0.0613. The van der Waals surface area contributed by atoms with Crippen LogP contribution in [-0.4, -0.2) is 30.3 Å². The number of nitrogens with one attached hydrogen (secondary N) is 2. The van der Waals surface area contributed by atoms with Gasteiger partial charge in [-0.05, 0) is 60.2 Å². The highest BCUT2D eigenvalue weighted by Gasteiger charge is 2.26. The van der Waals surface area contributed by atoms with Crippen LogP contribution < -0.4 is 16.4 Å². The molecule has 0 radical (unpaired) electrons. The van der Waals surface area contributed by atoms with Crippen LogP contribution in [0.1, 0.15) is 11.7 Å². The molecule has 0 unspecified atom stereocenters. The van der Waals surface area contributed by atoms with Crippen LogP contribution in [0.3, 0.4) is 0 Å². The molecule has 0 saturated carbocycles. The summed E-state index contributed by atoms with van der Waals surface area (Å²) in [5.74, 6) is -0.366. The SMILES string of the molecule is CO[C@@H](/C=C/C(=O)Nc1ccccc1N)[C@@H](OC(=O)Nc1ccc(Br)cc1)c1ccc(O)cc1. The van der Waals surface area contributed by atoms with E-state index in [2.05, 4.69) is 26.6 Å². The molecule has 0 aliphatic rings. The summed E-state index contributed by atoms with van der Waals surface area (Å²) in [6.45, 7) is 0. The van der Waals surface area contributed by atoms with Gasteiger partial charge in [-0.25, -0.2) is 4.79 Å². The fourth-order valence-electron chi connectivity index (χ4n) is 3.06. The van der Waals surface area contributed by atoms with Crippen molar-refractivity contribution in [1.82, 2.24) is 0 Å². The fraction of sp³-hybridized carbons (Fsp3) is 0.120. The maximum Gasteiger partial charge on any atom is 0.412 e. The van der Waals surface area contributed by atoms with Gasteiger partial charge in [0.2, 0.25) is 5.91 Å². The van der Waals surface area contributed by atoms with Crippen molar-refractivity contribution in [3.63, 3.8) is 0 Å². The molecule has 0 saturated heterocycles. The minimum Gasteiger partial charge on any atom is -0.508 e. The lowest BCUT2D eigenvalue weighted by Gasteiger charge is -2.24. The van der Waals surface area contributed by atoms with E-state index < -0.39 is 24.2 Å². The smallest absolute Gasteiger partial charge is 0.412 e. The predicted octanol–water partition coefficient (Wildman–Crippen LogP) is 5.24. The lowest BCUT2D eigenvalue weighted by molar-refractivity contribution is -0.112. The largest absolute Gasteiger partial charge is 0.508 e. The van der Waals surface area contributed by atoms with Gasteiger partial charge in [-0.15, -0.1) is 0 Å². The Balaban J connectivity index is 1.77. The Morgan fingerprint density at radius 2 is 1.68 bits per heavy atom. The van der Waals surface area contributed by atoms with E-state index >= 15 is 0 Å². The molecule has 9 heteroatoms. The zero-order valence-corrected chi connectivity index (χ0v) is 19.9. The quantitative estimate of drug-likeness (QED) is 0.235. The number of rotatable bonds is 8. The number of halogens is 1. The second-order valence-corrected chi connectivity index (χ2v) is 8.10. The Kier molecular flexibility index (Phi) is 8.66. The van der Waals surface area contributed by atoms with E-state index in [1.54, 1.807) is 60.7 Å². The number of para-hydroxylation sites is 2. The number of nitrogen functional groups attached to an aromatic ring is 1. The number of hydrogen-bond acceptors (Lipinski definition) is 6. The van der Waals surface area contributed by atoms with Crippen molar-refractivity contribution in [1.29, 1.82) is 0 Å². The molecule has 0 fully saturated rings. The van der Waals surface area contributed by atoms with Crippen molar-refractivity contribution in [3.05, 3.63) is 95.0 Å². The summed E-state index contributed by atoms with van der Waals surface area (Å²) in [6.07, 6.45) is 0.339. The molecule has 2 amide bonds. The molecule has 2 atom stereocenters. The van der Waals surface area contributed by atoms with E-state index in [0.29, 0.717) is 22.6 Å². The Morgan fingerprint density at radius 1 is 1.00 bits per heavy atom. The molecular formula is C25H24BrN3O5. The highest BCUT2D eigenvalue weighted by atomic mass is 79.9. The van der Waals surface area contributed by atoms with Crippen molar-refractivity contribution in [2.45, 2.75) is 12.2 Å². The summed E-state index contributed by atoms with van der Waals surface area (Å²) in [5.41, 5.74) is 7.88. The third-order valence-electron chi connectivity index (χ3n) is 4.77. The first-order valence-corrected chi connectivity index (χ1v) is 11.0. The van der Waals surface area contributed by atoms with Gasteiger partial charge < -0.3 is 25.6 Å². The molecule has 8 nitrogen and oxygen atoms in total. The van der Waals surface area contributed by atoms with Gasteiger partial charge in [-0.3, -0.25) is 10.1 Å². The number of phenols is 1. The summed E-state index contributed by atoms with van der Waals surface area (Å²) in [5, 5.41) is 15.0.